The van der Waals surface area contributed by atoms with E-state index < -0.39 is 6.36 Å². The third kappa shape index (κ3) is 6.90. The zero-order chi connectivity index (χ0) is 23.1. The first kappa shape index (κ1) is 23.4. The summed E-state index contributed by atoms with van der Waals surface area (Å²) in [4.78, 5) is 26.7. The third-order valence-electron chi connectivity index (χ3n) is 5.08. The van der Waals surface area contributed by atoms with E-state index in [1.54, 1.807) is 29.2 Å². The Labute approximate surface area is 184 Å². The van der Waals surface area contributed by atoms with Crippen molar-refractivity contribution in [3.8, 4) is 11.5 Å². The highest BCUT2D eigenvalue weighted by Crippen LogP contribution is 2.23. The van der Waals surface area contributed by atoms with Gasteiger partial charge in [0.2, 0.25) is 5.91 Å². The van der Waals surface area contributed by atoms with Gasteiger partial charge in [0.15, 0.2) is 0 Å². The number of carbonyl (C=O) groups excluding carboxylic acids is 2. The molecule has 172 valence electrons. The number of benzene rings is 2. The van der Waals surface area contributed by atoms with Gasteiger partial charge >= 0.3 is 6.36 Å². The normalized spacial score (nSPS) is 14.7. The van der Waals surface area contributed by atoms with E-state index in [4.69, 9.17) is 4.74 Å². The molecule has 1 heterocycles. The minimum atomic E-state index is -4.75. The fraction of sp³-hybridized carbons (Fsp3) is 0.391. The van der Waals surface area contributed by atoms with Crippen molar-refractivity contribution in [1.82, 2.24) is 10.2 Å². The minimum absolute atomic E-state index is 0.0532. The summed E-state index contributed by atoms with van der Waals surface area (Å²) in [5.41, 5.74) is 1.18. The zero-order valence-electron chi connectivity index (χ0n) is 17.7. The van der Waals surface area contributed by atoms with Gasteiger partial charge in [0, 0.05) is 24.7 Å². The number of nitrogens with one attached hydrogen (secondary N) is 1. The Morgan fingerprint density at radius 3 is 2.16 bits per heavy atom. The summed E-state index contributed by atoms with van der Waals surface area (Å²) in [5, 5.41) is 2.94. The molecular formula is C23H25F3N2O4. The Balaban J connectivity index is 1.44. The largest absolute Gasteiger partial charge is 0.573 e. The predicted molar refractivity (Wildman–Crippen MR) is 112 cm³/mol. The predicted octanol–water partition coefficient (Wildman–Crippen LogP) is 3.95. The Bertz CT molecular complexity index is 906. The van der Waals surface area contributed by atoms with E-state index in [1.165, 1.54) is 24.3 Å². The van der Waals surface area contributed by atoms with Crippen molar-refractivity contribution in [1.29, 1.82) is 0 Å². The van der Waals surface area contributed by atoms with Crippen LogP contribution in [0, 0.1) is 0 Å². The van der Waals surface area contributed by atoms with E-state index in [9.17, 15) is 22.8 Å². The van der Waals surface area contributed by atoms with Gasteiger partial charge in [-0.2, -0.15) is 0 Å². The second-order valence-corrected chi connectivity index (χ2v) is 7.46. The first-order valence-corrected chi connectivity index (χ1v) is 10.4. The van der Waals surface area contributed by atoms with Crippen LogP contribution in [0.1, 0.15) is 35.7 Å². The van der Waals surface area contributed by atoms with E-state index in [1.807, 2.05) is 6.92 Å². The molecule has 3 rings (SSSR count). The monoisotopic (exact) mass is 450 g/mol. The van der Waals surface area contributed by atoms with Crippen LogP contribution in [-0.2, 0) is 11.2 Å². The number of nitrogens with zero attached hydrogens (tertiary/aromatic N) is 1. The molecule has 2 amide bonds. The lowest BCUT2D eigenvalue weighted by atomic mass is 10.0. The van der Waals surface area contributed by atoms with Crippen LogP contribution in [0.5, 0.6) is 11.5 Å². The summed E-state index contributed by atoms with van der Waals surface area (Å²) in [6, 6.07) is 12.2. The molecule has 0 saturated carbocycles. The molecule has 0 aliphatic carbocycles. The number of piperidine rings is 1. The maximum atomic E-state index is 12.7. The van der Waals surface area contributed by atoms with Gasteiger partial charge in [0.25, 0.3) is 5.91 Å². The molecule has 0 atom stereocenters. The summed E-state index contributed by atoms with van der Waals surface area (Å²) >= 11 is 0. The molecule has 2 aromatic carbocycles. The topological polar surface area (TPSA) is 67.9 Å². The average Bonchev–Trinajstić information content (AvgIpc) is 2.75. The number of alkyl halides is 3. The van der Waals surface area contributed by atoms with Crippen LogP contribution in [0.3, 0.4) is 0 Å². The molecule has 6 nitrogen and oxygen atoms in total. The van der Waals surface area contributed by atoms with E-state index in [0.717, 1.165) is 0 Å². The summed E-state index contributed by atoms with van der Waals surface area (Å²) in [6.07, 6.45) is -3.43. The molecule has 1 saturated heterocycles. The second kappa shape index (κ2) is 10.4. The summed E-state index contributed by atoms with van der Waals surface area (Å²) in [6.45, 7) is 3.51. The molecule has 0 radical (unpaired) electrons. The summed E-state index contributed by atoms with van der Waals surface area (Å²) in [5.74, 6) is 0.115. The van der Waals surface area contributed by atoms with E-state index in [2.05, 4.69) is 10.1 Å². The standard InChI is InChI=1S/C23H25F3N2O4/c1-2-31-19-9-5-17(6-10-19)22(30)28-13-11-18(12-14-28)27-21(29)15-16-3-7-20(8-4-16)32-23(24,25)26/h3-10,18H,2,11-15H2,1H3,(H,27,29). The Hall–Kier alpha value is -3.23. The molecule has 0 bridgehead atoms. The Morgan fingerprint density at radius 2 is 1.59 bits per heavy atom. The first-order valence-electron chi connectivity index (χ1n) is 10.4. The van der Waals surface area contributed by atoms with Crippen molar-refractivity contribution >= 4 is 11.8 Å². The number of rotatable bonds is 7. The van der Waals surface area contributed by atoms with Crippen LogP contribution < -0.4 is 14.8 Å². The maximum Gasteiger partial charge on any atom is 0.573 e. The highest BCUT2D eigenvalue weighted by Gasteiger charge is 2.31. The van der Waals surface area contributed by atoms with Crippen LogP contribution in [0.25, 0.3) is 0 Å². The summed E-state index contributed by atoms with van der Waals surface area (Å²) < 4.78 is 45.9. The molecule has 0 spiro atoms. The lowest BCUT2D eigenvalue weighted by molar-refractivity contribution is -0.274. The quantitative estimate of drug-likeness (QED) is 0.694. The fourth-order valence-electron chi connectivity index (χ4n) is 3.54. The highest BCUT2D eigenvalue weighted by molar-refractivity contribution is 5.94. The van der Waals surface area contributed by atoms with Crippen molar-refractivity contribution in [3.63, 3.8) is 0 Å². The van der Waals surface area contributed by atoms with E-state index in [-0.39, 0.29) is 30.0 Å². The van der Waals surface area contributed by atoms with Crippen molar-refractivity contribution < 1.29 is 32.2 Å². The second-order valence-electron chi connectivity index (χ2n) is 7.46. The zero-order valence-corrected chi connectivity index (χ0v) is 17.7. The molecule has 0 aromatic heterocycles. The smallest absolute Gasteiger partial charge is 0.494 e. The number of amides is 2. The van der Waals surface area contributed by atoms with Crippen LogP contribution in [-0.4, -0.2) is 48.8 Å². The number of hydrogen-bond acceptors (Lipinski definition) is 4. The Morgan fingerprint density at radius 1 is 1.00 bits per heavy atom. The molecule has 1 N–H and O–H groups in total. The van der Waals surface area contributed by atoms with Gasteiger partial charge in [-0.05, 0) is 61.7 Å². The molecule has 1 aliphatic heterocycles. The molecule has 0 unspecified atom stereocenters. The summed E-state index contributed by atoms with van der Waals surface area (Å²) in [7, 11) is 0. The maximum absolute atomic E-state index is 12.7. The first-order chi connectivity index (χ1) is 15.2. The van der Waals surface area contributed by atoms with Gasteiger partial charge in [0.05, 0.1) is 13.0 Å². The van der Waals surface area contributed by atoms with Crippen LogP contribution in [0.2, 0.25) is 0 Å². The lowest BCUT2D eigenvalue weighted by Crippen LogP contribution is -2.46. The van der Waals surface area contributed by atoms with E-state index in [0.29, 0.717) is 49.4 Å². The van der Waals surface area contributed by atoms with Crippen molar-refractivity contribution in [2.75, 3.05) is 19.7 Å². The fourth-order valence-corrected chi connectivity index (χ4v) is 3.54. The van der Waals surface area contributed by atoms with Gasteiger partial charge in [0.1, 0.15) is 11.5 Å². The molecular weight excluding hydrogens is 425 g/mol. The number of hydrogen-bond donors (Lipinski definition) is 1. The molecule has 9 heteroatoms. The van der Waals surface area contributed by atoms with Gasteiger partial charge in [-0.15, -0.1) is 13.2 Å². The molecule has 32 heavy (non-hydrogen) atoms. The van der Waals surface area contributed by atoms with E-state index >= 15 is 0 Å². The SMILES string of the molecule is CCOc1ccc(C(=O)N2CCC(NC(=O)Cc3ccc(OC(F)(F)F)cc3)CC2)cc1. The number of halogens is 3. The number of likely N-dealkylation sites (tertiary alicyclic amines) is 1. The molecule has 2 aromatic rings. The van der Waals surface area contributed by atoms with Crippen LogP contribution in [0.4, 0.5) is 13.2 Å². The van der Waals surface area contributed by atoms with Crippen molar-refractivity contribution in [2.45, 2.75) is 38.6 Å². The highest BCUT2D eigenvalue weighted by atomic mass is 19.4. The van der Waals surface area contributed by atoms with Gasteiger partial charge in [-0.25, -0.2) is 0 Å². The number of carbonyl (C=O) groups is 2. The Kier molecular flexibility index (Phi) is 7.61. The molecule has 1 aliphatic rings. The molecule has 1 fully saturated rings. The van der Waals surface area contributed by atoms with Crippen molar-refractivity contribution in [3.05, 3.63) is 59.7 Å². The van der Waals surface area contributed by atoms with Crippen LogP contribution >= 0.6 is 0 Å². The lowest BCUT2D eigenvalue weighted by Gasteiger charge is -2.32. The minimum Gasteiger partial charge on any atom is -0.494 e. The van der Waals surface area contributed by atoms with Crippen molar-refractivity contribution in [2.24, 2.45) is 0 Å². The van der Waals surface area contributed by atoms with Gasteiger partial charge in [-0.3, -0.25) is 9.59 Å². The average molecular weight is 450 g/mol. The van der Waals surface area contributed by atoms with Gasteiger partial charge < -0.3 is 19.7 Å². The van der Waals surface area contributed by atoms with Crippen LogP contribution in [0.15, 0.2) is 48.5 Å². The van der Waals surface area contributed by atoms with Gasteiger partial charge in [-0.1, -0.05) is 12.1 Å². The number of ether oxygens (including phenoxy) is 2. The third-order valence-corrected chi connectivity index (χ3v) is 5.08.